The lowest BCUT2D eigenvalue weighted by Crippen LogP contribution is -2.16. The normalized spacial score (nSPS) is 11.3. The fraction of sp³-hybridized carbons (Fsp3) is 0.273. The highest BCUT2D eigenvalue weighted by atomic mass is 35.5. The van der Waals surface area contributed by atoms with Gasteiger partial charge >= 0.3 is 5.69 Å². The van der Waals surface area contributed by atoms with Gasteiger partial charge in [0.1, 0.15) is 9.86 Å². The van der Waals surface area contributed by atoms with Crippen LogP contribution in [0.25, 0.3) is 10.2 Å². The molecule has 0 aliphatic carbocycles. The van der Waals surface area contributed by atoms with E-state index < -0.39 is 0 Å². The second-order valence-corrected chi connectivity index (χ2v) is 6.56. The number of hydrogen-bond acceptors (Lipinski definition) is 6. The molecule has 0 aliphatic heterocycles. The van der Waals surface area contributed by atoms with Crippen LogP contribution in [0.15, 0.2) is 21.0 Å². The van der Waals surface area contributed by atoms with Crippen molar-refractivity contribution in [3.63, 3.8) is 0 Å². The standard InChI is InChI=1S/C11H10ClN5OS2/c1-3-17-10(18)15-16-11(17)20-8-6-4-5(2)19-7(6)13-9(12)14-8/h4H,3H2,1-2H3,(H,15,18). The van der Waals surface area contributed by atoms with Gasteiger partial charge in [-0.2, -0.15) is 0 Å². The summed E-state index contributed by atoms with van der Waals surface area (Å²) in [5, 5.41) is 8.85. The Morgan fingerprint density at radius 3 is 3.05 bits per heavy atom. The Kier molecular flexibility index (Phi) is 3.53. The smallest absolute Gasteiger partial charge is 0.270 e. The van der Waals surface area contributed by atoms with Gasteiger partial charge in [0.15, 0.2) is 5.16 Å². The first-order valence-electron chi connectivity index (χ1n) is 5.85. The molecule has 0 amide bonds. The maximum Gasteiger partial charge on any atom is 0.343 e. The van der Waals surface area contributed by atoms with Crippen LogP contribution < -0.4 is 5.69 Å². The SMILES string of the molecule is CCn1c(Sc2nc(Cl)nc3sc(C)cc23)n[nH]c1=O. The molecular formula is C11H10ClN5OS2. The minimum atomic E-state index is -0.229. The molecule has 0 unspecified atom stereocenters. The van der Waals surface area contributed by atoms with Crippen LogP contribution in [0.2, 0.25) is 5.28 Å². The number of aromatic amines is 1. The predicted octanol–water partition coefficient (Wildman–Crippen LogP) is 2.71. The summed E-state index contributed by atoms with van der Waals surface area (Å²) in [6.07, 6.45) is 0. The van der Waals surface area contributed by atoms with E-state index in [9.17, 15) is 4.79 Å². The number of fused-ring (bicyclic) bond motifs is 1. The van der Waals surface area contributed by atoms with Gasteiger partial charge in [-0.05, 0) is 43.3 Å². The van der Waals surface area contributed by atoms with Crippen LogP contribution in [-0.2, 0) is 6.54 Å². The number of thiophene rings is 1. The van der Waals surface area contributed by atoms with Crippen LogP contribution >= 0.6 is 34.7 Å². The number of halogens is 1. The van der Waals surface area contributed by atoms with Crippen molar-refractivity contribution in [1.29, 1.82) is 0 Å². The van der Waals surface area contributed by atoms with E-state index in [0.29, 0.717) is 16.7 Å². The fourth-order valence-electron chi connectivity index (χ4n) is 1.82. The van der Waals surface area contributed by atoms with Gasteiger partial charge in [0.25, 0.3) is 0 Å². The van der Waals surface area contributed by atoms with Gasteiger partial charge in [0.2, 0.25) is 5.28 Å². The highest BCUT2D eigenvalue weighted by molar-refractivity contribution is 7.99. The van der Waals surface area contributed by atoms with E-state index in [1.165, 1.54) is 11.8 Å². The van der Waals surface area contributed by atoms with E-state index in [1.54, 1.807) is 15.9 Å². The molecule has 3 aromatic rings. The molecule has 6 nitrogen and oxygen atoms in total. The molecule has 3 heterocycles. The van der Waals surface area contributed by atoms with Crippen molar-refractivity contribution in [1.82, 2.24) is 24.7 Å². The summed E-state index contributed by atoms with van der Waals surface area (Å²) in [5.41, 5.74) is -0.229. The van der Waals surface area contributed by atoms with Crippen molar-refractivity contribution in [2.75, 3.05) is 0 Å². The molecule has 0 saturated carbocycles. The average molecular weight is 328 g/mol. The van der Waals surface area contributed by atoms with Gasteiger partial charge in [-0.1, -0.05) is 0 Å². The molecule has 3 rings (SSSR count). The number of nitrogens with zero attached hydrogens (tertiary/aromatic N) is 4. The van der Waals surface area contributed by atoms with Crippen molar-refractivity contribution in [3.8, 4) is 0 Å². The van der Waals surface area contributed by atoms with Gasteiger partial charge in [-0.15, -0.1) is 16.4 Å². The van der Waals surface area contributed by atoms with E-state index in [4.69, 9.17) is 11.6 Å². The highest BCUT2D eigenvalue weighted by Gasteiger charge is 2.15. The van der Waals surface area contributed by atoms with E-state index in [0.717, 1.165) is 15.1 Å². The van der Waals surface area contributed by atoms with Crippen molar-refractivity contribution in [3.05, 3.63) is 26.7 Å². The number of H-pyrrole nitrogens is 1. The predicted molar refractivity (Wildman–Crippen MR) is 79.8 cm³/mol. The maximum atomic E-state index is 11.6. The molecule has 0 aliphatic rings. The molecule has 20 heavy (non-hydrogen) atoms. The summed E-state index contributed by atoms with van der Waals surface area (Å²) in [5.74, 6) is 0. The Morgan fingerprint density at radius 1 is 1.50 bits per heavy atom. The molecule has 104 valence electrons. The van der Waals surface area contributed by atoms with Gasteiger partial charge in [0, 0.05) is 16.8 Å². The van der Waals surface area contributed by atoms with Crippen molar-refractivity contribution in [2.45, 2.75) is 30.6 Å². The lowest BCUT2D eigenvalue weighted by molar-refractivity contribution is 0.660. The number of aromatic nitrogens is 5. The van der Waals surface area contributed by atoms with Crippen LogP contribution in [0, 0.1) is 6.92 Å². The molecule has 1 N–H and O–H groups in total. The van der Waals surface area contributed by atoms with E-state index >= 15 is 0 Å². The third kappa shape index (κ3) is 2.34. The molecule has 0 aromatic carbocycles. The largest absolute Gasteiger partial charge is 0.343 e. The van der Waals surface area contributed by atoms with Crippen LogP contribution in [0.4, 0.5) is 0 Å². The Hall–Kier alpha value is -1.38. The molecule has 0 atom stereocenters. The first kappa shape index (κ1) is 13.6. The molecule has 3 aromatic heterocycles. The van der Waals surface area contributed by atoms with E-state index in [-0.39, 0.29) is 11.0 Å². The van der Waals surface area contributed by atoms with Gasteiger partial charge in [0.05, 0.1) is 0 Å². The Bertz CT molecular complexity index is 837. The second kappa shape index (κ2) is 5.19. The summed E-state index contributed by atoms with van der Waals surface area (Å²) in [7, 11) is 0. The zero-order valence-electron chi connectivity index (χ0n) is 10.7. The quantitative estimate of drug-likeness (QED) is 0.591. The van der Waals surface area contributed by atoms with Crippen LogP contribution in [0.5, 0.6) is 0 Å². The fourth-order valence-corrected chi connectivity index (χ4v) is 4.01. The molecule has 9 heteroatoms. The minimum absolute atomic E-state index is 0.197. The third-order valence-corrected chi connectivity index (χ3v) is 4.79. The maximum absolute atomic E-state index is 11.6. The molecule has 0 spiro atoms. The Labute approximate surface area is 127 Å². The first-order chi connectivity index (χ1) is 9.58. The summed E-state index contributed by atoms with van der Waals surface area (Å²) >= 11 is 8.82. The summed E-state index contributed by atoms with van der Waals surface area (Å²) in [6, 6.07) is 2.01. The minimum Gasteiger partial charge on any atom is -0.270 e. The molecular weight excluding hydrogens is 318 g/mol. The van der Waals surface area contributed by atoms with Crippen LogP contribution in [0.3, 0.4) is 0 Å². The van der Waals surface area contributed by atoms with Crippen LogP contribution in [-0.4, -0.2) is 24.7 Å². The Morgan fingerprint density at radius 2 is 2.30 bits per heavy atom. The number of rotatable bonds is 3. The zero-order chi connectivity index (χ0) is 14.3. The molecule has 0 bridgehead atoms. The summed E-state index contributed by atoms with van der Waals surface area (Å²) in [4.78, 5) is 22.0. The summed E-state index contributed by atoms with van der Waals surface area (Å²) in [6.45, 7) is 4.44. The van der Waals surface area contributed by atoms with E-state index in [2.05, 4.69) is 20.2 Å². The third-order valence-electron chi connectivity index (χ3n) is 2.68. The van der Waals surface area contributed by atoms with Crippen molar-refractivity contribution < 1.29 is 0 Å². The number of nitrogens with one attached hydrogen (secondary N) is 1. The average Bonchev–Trinajstić information content (AvgIpc) is 2.92. The van der Waals surface area contributed by atoms with Gasteiger partial charge in [-0.25, -0.2) is 19.9 Å². The number of aryl methyl sites for hydroxylation is 1. The van der Waals surface area contributed by atoms with Gasteiger partial charge < -0.3 is 0 Å². The molecule has 0 saturated heterocycles. The van der Waals surface area contributed by atoms with Crippen molar-refractivity contribution >= 4 is 44.9 Å². The zero-order valence-corrected chi connectivity index (χ0v) is 13.1. The second-order valence-electron chi connectivity index (χ2n) is 4.03. The molecule has 0 fully saturated rings. The van der Waals surface area contributed by atoms with Crippen LogP contribution in [0.1, 0.15) is 11.8 Å². The monoisotopic (exact) mass is 327 g/mol. The lowest BCUT2D eigenvalue weighted by atomic mass is 10.4. The number of hydrogen-bond donors (Lipinski definition) is 1. The molecule has 0 radical (unpaired) electrons. The first-order valence-corrected chi connectivity index (χ1v) is 7.86. The lowest BCUT2D eigenvalue weighted by Gasteiger charge is -2.03. The van der Waals surface area contributed by atoms with Crippen molar-refractivity contribution in [2.24, 2.45) is 0 Å². The Balaban J connectivity index is 2.12. The van der Waals surface area contributed by atoms with E-state index in [1.807, 2.05) is 19.9 Å². The van der Waals surface area contributed by atoms with Gasteiger partial charge in [-0.3, -0.25) is 4.57 Å². The summed E-state index contributed by atoms with van der Waals surface area (Å²) < 4.78 is 1.55. The highest BCUT2D eigenvalue weighted by Crippen LogP contribution is 2.34. The topological polar surface area (TPSA) is 76.5 Å².